The van der Waals surface area contributed by atoms with Crippen LogP contribution in [0.15, 0.2) is 72.9 Å². The zero-order valence-corrected chi connectivity index (χ0v) is 14.1. The van der Waals surface area contributed by atoms with Crippen molar-refractivity contribution in [3.05, 3.63) is 84.2 Å². The highest BCUT2D eigenvalue weighted by molar-refractivity contribution is 6.03. The standard InChI is InChI=1S/C20H17N3O3/c1-26-20(25)14-6-5-9-16(12-14)23-19(24)18-11-10-17(13-21-18)22-15-7-3-2-4-8-15/h2-13,22H,1H3,(H,23,24). The summed E-state index contributed by atoms with van der Waals surface area (Å²) in [6, 6.07) is 19.6. The number of nitrogens with one attached hydrogen (secondary N) is 2. The van der Waals surface area contributed by atoms with Gasteiger partial charge in [0.1, 0.15) is 5.69 Å². The smallest absolute Gasteiger partial charge is 0.337 e. The first-order valence-electron chi connectivity index (χ1n) is 7.93. The second-order valence-corrected chi connectivity index (χ2v) is 5.45. The van der Waals surface area contributed by atoms with Crippen LogP contribution in [0.25, 0.3) is 0 Å². The number of anilines is 3. The molecule has 1 aromatic heterocycles. The monoisotopic (exact) mass is 347 g/mol. The average molecular weight is 347 g/mol. The number of amides is 1. The summed E-state index contributed by atoms with van der Waals surface area (Å²) in [4.78, 5) is 28.1. The fourth-order valence-electron chi connectivity index (χ4n) is 2.33. The molecular formula is C20H17N3O3. The predicted octanol–water partition coefficient (Wildman–Crippen LogP) is 3.86. The molecule has 0 radical (unpaired) electrons. The Balaban J connectivity index is 1.68. The van der Waals surface area contributed by atoms with Crippen molar-refractivity contribution in [1.29, 1.82) is 0 Å². The molecule has 2 aromatic carbocycles. The first-order chi connectivity index (χ1) is 12.7. The van der Waals surface area contributed by atoms with Crippen molar-refractivity contribution in [1.82, 2.24) is 4.98 Å². The van der Waals surface area contributed by atoms with Gasteiger partial charge in [-0.25, -0.2) is 9.78 Å². The molecule has 1 amide bonds. The van der Waals surface area contributed by atoms with Crippen LogP contribution in [0.5, 0.6) is 0 Å². The van der Waals surface area contributed by atoms with E-state index >= 15 is 0 Å². The van der Waals surface area contributed by atoms with E-state index in [1.807, 2.05) is 30.3 Å². The number of hydrogen-bond acceptors (Lipinski definition) is 5. The van der Waals surface area contributed by atoms with Crippen LogP contribution in [0.1, 0.15) is 20.8 Å². The number of methoxy groups -OCH3 is 1. The number of carbonyl (C=O) groups excluding carboxylic acids is 2. The quantitative estimate of drug-likeness (QED) is 0.685. The molecule has 0 aliphatic carbocycles. The Bertz CT molecular complexity index is 909. The van der Waals surface area contributed by atoms with Gasteiger partial charge in [-0.05, 0) is 42.5 Å². The lowest BCUT2D eigenvalue weighted by atomic mass is 10.2. The van der Waals surface area contributed by atoms with Crippen LogP contribution in [0, 0.1) is 0 Å². The van der Waals surface area contributed by atoms with Crippen LogP contribution < -0.4 is 10.6 Å². The molecule has 2 N–H and O–H groups in total. The summed E-state index contributed by atoms with van der Waals surface area (Å²) in [7, 11) is 1.31. The summed E-state index contributed by atoms with van der Waals surface area (Å²) in [5.74, 6) is -0.825. The largest absolute Gasteiger partial charge is 0.465 e. The molecular weight excluding hydrogens is 330 g/mol. The van der Waals surface area contributed by atoms with Crippen LogP contribution in [0.3, 0.4) is 0 Å². The van der Waals surface area contributed by atoms with Gasteiger partial charge in [-0.3, -0.25) is 4.79 Å². The fraction of sp³-hybridized carbons (Fsp3) is 0.0500. The van der Waals surface area contributed by atoms with Crippen molar-refractivity contribution in [2.75, 3.05) is 17.7 Å². The highest BCUT2D eigenvalue weighted by Crippen LogP contribution is 2.16. The molecule has 0 atom stereocenters. The Kier molecular flexibility index (Phi) is 5.24. The molecule has 6 nitrogen and oxygen atoms in total. The topological polar surface area (TPSA) is 80.3 Å². The summed E-state index contributed by atoms with van der Waals surface area (Å²) in [5.41, 5.74) is 2.84. The van der Waals surface area contributed by atoms with Gasteiger partial charge >= 0.3 is 5.97 Å². The number of benzene rings is 2. The van der Waals surface area contributed by atoms with Gasteiger partial charge in [0.25, 0.3) is 5.91 Å². The second-order valence-electron chi connectivity index (χ2n) is 5.45. The summed E-state index contributed by atoms with van der Waals surface area (Å²) in [5, 5.41) is 5.92. The minimum Gasteiger partial charge on any atom is -0.465 e. The summed E-state index contributed by atoms with van der Waals surface area (Å²) in [6.45, 7) is 0. The van der Waals surface area contributed by atoms with Gasteiger partial charge in [0.05, 0.1) is 24.6 Å². The Morgan fingerprint density at radius 2 is 1.65 bits per heavy atom. The lowest BCUT2D eigenvalue weighted by Crippen LogP contribution is -2.14. The molecule has 1 heterocycles. The van der Waals surface area contributed by atoms with Crippen molar-refractivity contribution in [2.45, 2.75) is 0 Å². The molecule has 26 heavy (non-hydrogen) atoms. The number of rotatable bonds is 5. The van der Waals surface area contributed by atoms with E-state index in [1.54, 1.807) is 42.6 Å². The third kappa shape index (κ3) is 4.24. The Hall–Kier alpha value is -3.67. The minimum absolute atomic E-state index is 0.270. The first kappa shape index (κ1) is 17.2. The number of pyridine rings is 1. The predicted molar refractivity (Wildman–Crippen MR) is 99.7 cm³/mol. The molecule has 0 fully saturated rings. The van der Waals surface area contributed by atoms with Gasteiger partial charge in [-0.15, -0.1) is 0 Å². The van der Waals surface area contributed by atoms with Gasteiger partial charge in [0.15, 0.2) is 0 Å². The van der Waals surface area contributed by atoms with Gasteiger partial charge < -0.3 is 15.4 Å². The summed E-state index contributed by atoms with van der Waals surface area (Å²) >= 11 is 0. The molecule has 0 saturated carbocycles. The summed E-state index contributed by atoms with van der Waals surface area (Å²) in [6.07, 6.45) is 1.59. The van der Waals surface area contributed by atoms with Crippen molar-refractivity contribution in [2.24, 2.45) is 0 Å². The molecule has 3 aromatic rings. The molecule has 6 heteroatoms. The van der Waals surface area contributed by atoms with E-state index in [1.165, 1.54) is 7.11 Å². The zero-order chi connectivity index (χ0) is 18.4. The maximum atomic E-state index is 12.3. The SMILES string of the molecule is COC(=O)c1cccc(NC(=O)c2ccc(Nc3ccccc3)cn2)c1. The number of hydrogen-bond donors (Lipinski definition) is 2. The van der Waals surface area contributed by atoms with Crippen LogP contribution >= 0.6 is 0 Å². The van der Waals surface area contributed by atoms with Gasteiger partial charge in [0, 0.05) is 11.4 Å². The van der Waals surface area contributed by atoms with Gasteiger partial charge in [-0.1, -0.05) is 24.3 Å². The molecule has 3 rings (SSSR count). The van der Waals surface area contributed by atoms with Crippen molar-refractivity contribution in [3.63, 3.8) is 0 Å². The lowest BCUT2D eigenvalue weighted by molar-refractivity contribution is 0.0600. The molecule has 130 valence electrons. The van der Waals surface area contributed by atoms with E-state index in [0.29, 0.717) is 11.3 Å². The number of nitrogens with zero attached hydrogens (tertiary/aromatic N) is 1. The Morgan fingerprint density at radius 1 is 0.885 bits per heavy atom. The van der Waals surface area contributed by atoms with E-state index in [4.69, 9.17) is 0 Å². The van der Waals surface area contributed by atoms with Gasteiger partial charge in [0.2, 0.25) is 0 Å². The number of ether oxygens (including phenoxy) is 1. The van der Waals surface area contributed by atoms with Crippen molar-refractivity contribution >= 4 is 28.9 Å². The maximum Gasteiger partial charge on any atom is 0.337 e. The highest BCUT2D eigenvalue weighted by atomic mass is 16.5. The zero-order valence-electron chi connectivity index (χ0n) is 14.1. The number of aromatic nitrogens is 1. The number of para-hydroxylation sites is 1. The van der Waals surface area contributed by atoms with Crippen LogP contribution in [0.2, 0.25) is 0 Å². The molecule has 0 bridgehead atoms. The normalized spacial score (nSPS) is 10.0. The molecule has 0 aliphatic rings. The average Bonchev–Trinajstić information content (AvgIpc) is 2.69. The number of carbonyl (C=O) groups is 2. The van der Waals surface area contributed by atoms with E-state index in [9.17, 15) is 9.59 Å². The highest BCUT2D eigenvalue weighted by Gasteiger charge is 2.10. The molecule has 0 saturated heterocycles. The van der Waals surface area contributed by atoms with Crippen molar-refractivity contribution < 1.29 is 14.3 Å². The van der Waals surface area contributed by atoms with E-state index in [2.05, 4.69) is 20.4 Å². The third-order valence-electron chi connectivity index (χ3n) is 3.60. The van der Waals surface area contributed by atoms with E-state index in [0.717, 1.165) is 11.4 Å². The van der Waals surface area contributed by atoms with Crippen LogP contribution in [0.4, 0.5) is 17.1 Å². The Morgan fingerprint density at radius 3 is 2.35 bits per heavy atom. The lowest BCUT2D eigenvalue weighted by Gasteiger charge is -2.08. The number of esters is 1. The van der Waals surface area contributed by atoms with Gasteiger partial charge in [-0.2, -0.15) is 0 Å². The molecule has 0 unspecified atom stereocenters. The maximum absolute atomic E-state index is 12.3. The van der Waals surface area contributed by atoms with E-state index in [-0.39, 0.29) is 11.6 Å². The molecule has 0 spiro atoms. The Labute approximate surface area is 150 Å². The molecule has 0 aliphatic heterocycles. The third-order valence-corrected chi connectivity index (χ3v) is 3.60. The van der Waals surface area contributed by atoms with Crippen LogP contribution in [-0.4, -0.2) is 24.0 Å². The fourth-order valence-corrected chi connectivity index (χ4v) is 2.33. The van der Waals surface area contributed by atoms with Crippen molar-refractivity contribution in [3.8, 4) is 0 Å². The summed E-state index contributed by atoms with van der Waals surface area (Å²) < 4.78 is 4.67. The first-order valence-corrected chi connectivity index (χ1v) is 7.93. The van der Waals surface area contributed by atoms with Crippen LogP contribution in [-0.2, 0) is 4.74 Å². The minimum atomic E-state index is -0.462. The van der Waals surface area contributed by atoms with E-state index < -0.39 is 5.97 Å². The second kappa shape index (κ2) is 7.94.